The molecule has 26 heavy (non-hydrogen) atoms. The Hall–Kier alpha value is -2.89. The Morgan fingerprint density at radius 1 is 1.12 bits per heavy atom. The van der Waals surface area contributed by atoms with Crippen LogP contribution in [-0.4, -0.2) is 31.8 Å². The van der Waals surface area contributed by atoms with Crippen LogP contribution in [0.2, 0.25) is 0 Å². The van der Waals surface area contributed by atoms with E-state index in [0.29, 0.717) is 23.9 Å². The van der Waals surface area contributed by atoms with Gasteiger partial charge in [-0.15, -0.1) is 0 Å². The van der Waals surface area contributed by atoms with Gasteiger partial charge in [-0.2, -0.15) is 0 Å². The summed E-state index contributed by atoms with van der Waals surface area (Å²) >= 11 is 0. The van der Waals surface area contributed by atoms with Gasteiger partial charge in [-0.05, 0) is 43.2 Å². The van der Waals surface area contributed by atoms with Gasteiger partial charge in [0.2, 0.25) is 0 Å². The minimum absolute atomic E-state index is 0.130. The van der Waals surface area contributed by atoms with E-state index in [-0.39, 0.29) is 23.3 Å². The molecule has 2 N–H and O–H groups in total. The van der Waals surface area contributed by atoms with Crippen LogP contribution in [0.25, 0.3) is 0 Å². The molecule has 1 amide bonds. The molecule has 0 bridgehead atoms. The monoisotopic (exact) mass is 359 g/mol. The van der Waals surface area contributed by atoms with Crippen molar-refractivity contribution in [2.75, 3.05) is 20.8 Å². The van der Waals surface area contributed by atoms with E-state index in [9.17, 15) is 9.90 Å². The fraction of sp³-hybridized carbons (Fsp3) is 0.350. The van der Waals surface area contributed by atoms with Gasteiger partial charge in [-0.3, -0.25) is 4.79 Å². The van der Waals surface area contributed by atoms with Crippen molar-refractivity contribution in [1.29, 1.82) is 0 Å². The molecule has 0 saturated heterocycles. The quantitative estimate of drug-likeness (QED) is 0.752. The van der Waals surface area contributed by atoms with Crippen molar-refractivity contribution < 1.29 is 24.1 Å². The van der Waals surface area contributed by atoms with Gasteiger partial charge in [-0.25, -0.2) is 0 Å². The maximum Gasteiger partial charge on any atom is 0.255 e. The zero-order chi connectivity index (χ0) is 19.1. The molecule has 140 valence electrons. The highest BCUT2D eigenvalue weighted by Crippen LogP contribution is 2.31. The molecule has 2 rings (SSSR count). The molecule has 6 heteroatoms. The second-order valence-electron chi connectivity index (χ2n) is 5.84. The first kappa shape index (κ1) is 19.4. The number of carbonyl (C=O) groups is 1. The summed E-state index contributed by atoms with van der Waals surface area (Å²) in [7, 11) is 3.08. The fourth-order valence-electron chi connectivity index (χ4n) is 2.47. The minimum atomic E-state index is -0.372. The van der Waals surface area contributed by atoms with Gasteiger partial charge < -0.3 is 24.6 Å². The molecule has 1 atom stereocenters. The standard InChI is InChI=1S/C20H25NO5/c1-5-10-26-18-9-6-14(11-19(18)25-4)13(2)21-20(23)16-8-7-15(24-3)12-17(16)22/h6-9,11-13,22H,5,10H2,1-4H3,(H,21,23). The molecule has 0 aliphatic carbocycles. The summed E-state index contributed by atoms with van der Waals surface area (Å²) in [5.41, 5.74) is 1.06. The topological polar surface area (TPSA) is 77.0 Å². The van der Waals surface area contributed by atoms with E-state index < -0.39 is 0 Å². The molecule has 0 fully saturated rings. The zero-order valence-corrected chi connectivity index (χ0v) is 15.5. The lowest BCUT2D eigenvalue weighted by atomic mass is 10.1. The third-order valence-corrected chi connectivity index (χ3v) is 3.95. The van der Waals surface area contributed by atoms with Crippen LogP contribution in [0.4, 0.5) is 0 Å². The van der Waals surface area contributed by atoms with Crippen LogP contribution >= 0.6 is 0 Å². The van der Waals surface area contributed by atoms with Crippen LogP contribution in [0, 0.1) is 0 Å². The van der Waals surface area contributed by atoms with Crippen molar-refractivity contribution in [3.8, 4) is 23.0 Å². The molecular formula is C20H25NO5. The number of ether oxygens (including phenoxy) is 3. The van der Waals surface area contributed by atoms with Crippen molar-refractivity contribution in [1.82, 2.24) is 5.32 Å². The van der Waals surface area contributed by atoms with Crippen molar-refractivity contribution in [2.45, 2.75) is 26.3 Å². The Kier molecular flexibility index (Phi) is 6.72. The summed E-state index contributed by atoms with van der Waals surface area (Å²) < 4.78 is 16.0. The van der Waals surface area contributed by atoms with Gasteiger partial charge in [-0.1, -0.05) is 13.0 Å². The first-order valence-corrected chi connectivity index (χ1v) is 8.48. The van der Waals surface area contributed by atoms with Gasteiger partial charge >= 0.3 is 0 Å². The lowest BCUT2D eigenvalue weighted by Crippen LogP contribution is -2.26. The van der Waals surface area contributed by atoms with E-state index in [0.717, 1.165) is 12.0 Å². The van der Waals surface area contributed by atoms with E-state index in [1.165, 1.54) is 19.2 Å². The first-order chi connectivity index (χ1) is 12.5. The van der Waals surface area contributed by atoms with Crippen molar-refractivity contribution in [2.24, 2.45) is 0 Å². The van der Waals surface area contributed by atoms with Crippen molar-refractivity contribution in [3.63, 3.8) is 0 Å². The summed E-state index contributed by atoms with van der Waals surface area (Å²) in [6.07, 6.45) is 0.905. The molecule has 2 aromatic carbocycles. The molecule has 6 nitrogen and oxygen atoms in total. The van der Waals surface area contributed by atoms with Gasteiger partial charge in [0.1, 0.15) is 11.5 Å². The summed E-state index contributed by atoms with van der Waals surface area (Å²) in [6, 6.07) is 9.83. The third kappa shape index (κ3) is 4.59. The highest BCUT2D eigenvalue weighted by Gasteiger charge is 2.17. The van der Waals surface area contributed by atoms with Crippen LogP contribution in [0.3, 0.4) is 0 Å². The Balaban J connectivity index is 2.13. The number of hydrogen-bond donors (Lipinski definition) is 2. The number of aromatic hydroxyl groups is 1. The second-order valence-corrected chi connectivity index (χ2v) is 5.84. The normalized spacial score (nSPS) is 11.5. The van der Waals surface area contributed by atoms with E-state index in [1.54, 1.807) is 13.2 Å². The lowest BCUT2D eigenvalue weighted by Gasteiger charge is -2.17. The average molecular weight is 359 g/mol. The number of phenolic OH excluding ortho intramolecular Hbond substituents is 1. The summed E-state index contributed by atoms with van der Waals surface area (Å²) in [6.45, 7) is 4.51. The zero-order valence-electron chi connectivity index (χ0n) is 15.5. The average Bonchev–Trinajstić information content (AvgIpc) is 2.65. The molecule has 0 saturated carbocycles. The van der Waals surface area contributed by atoms with Gasteiger partial charge in [0.05, 0.1) is 32.4 Å². The van der Waals surface area contributed by atoms with E-state index in [1.807, 2.05) is 32.0 Å². The number of benzene rings is 2. The van der Waals surface area contributed by atoms with Gasteiger partial charge in [0.15, 0.2) is 11.5 Å². The Bertz CT molecular complexity index is 760. The highest BCUT2D eigenvalue weighted by atomic mass is 16.5. The Morgan fingerprint density at radius 3 is 2.50 bits per heavy atom. The predicted octanol–water partition coefficient (Wildman–Crippen LogP) is 3.69. The predicted molar refractivity (Wildman–Crippen MR) is 99.3 cm³/mol. The molecule has 2 aromatic rings. The highest BCUT2D eigenvalue weighted by molar-refractivity contribution is 5.97. The molecule has 1 unspecified atom stereocenters. The Morgan fingerprint density at radius 2 is 1.88 bits per heavy atom. The molecule has 0 heterocycles. The third-order valence-electron chi connectivity index (χ3n) is 3.95. The largest absolute Gasteiger partial charge is 0.507 e. The van der Waals surface area contributed by atoms with E-state index >= 15 is 0 Å². The summed E-state index contributed by atoms with van der Waals surface area (Å²) in [5.74, 6) is 1.27. The molecular weight excluding hydrogens is 334 g/mol. The number of hydrogen-bond acceptors (Lipinski definition) is 5. The van der Waals surface area contributed by atoms with Crippen LogP contribution < -0.4 is 19.5 Å². The van der Waals surface area contributed by atoms with Gasteiger partial charge in [0.25, 0.3) is 5.91 Å². The molecule has 0 spiro atoms. The van der Waals surface area contributed by atoms with Crippen LogP contribution in [0.1, 0.15) is 42.2 Å². The number of amides is 1. The van der Waals surface area contributed by atoms with Crippen LogP contribution in [-0.2, 0) is 0 Å². The SMILES string of the molecule is CCCOc1ccc(C(C)NC(=O)c2ccc(OC)cc2O)cc1OC. The summed E-state index contributed by atoms with van der Waals surface area (Å²) in [5, 5.41) is 12.9. The molecule has 0 aliphatic rings. The molecule has 0 aliphatic heterocycles. The number of rotatable bonds is 8. The van der Waals surface area contributed by atoms with Crippen LogP contribution in [0.15, 0.2) is 36.4 Å². The van der Waals surface area contributed by atoms with E-state index in [4.69, 9.17) is 14.2 Å². The minimum Gasteiger partial charge on any atom is -0.507 e. The number of methoxy groups -OCH3 is 2. The maximum atomic E-state index is 12.4. The Labute approximate surface area is 153 Å². The second kappa shape index (κ2) is 8.99. The lowest BCUT2D eigenvalue weighted by molar-refractivity contribution is 0.0937. The smallest absolute Gasteiger partial charge is 0.255 e. The van der Waals surface area contributed by atoms with Crippen LogP contribution in [0.5, 0.6) is 23.0 Å². The number of carbonyl (C=O) groups excluding carboxylic acids is 1. The number of nitrogens with one attached hydrogen (secondary N) is 1. The first-order valence-electron chi connectivity index (χ1n) is 8.48. The summed E-state index contributed by atoms with van der Waals surface area (Å²) in [4.78, 5) is 12.4. The van der Waals surface area contributed by atoms with E-state index in [2.05, 4.69) is 5.32 Å². The molecule has 0 aromatic heterocycles. The van der Waals surface area contributed by atoms with Gasteiger partial charge in [0, 0.05) is 6.07 Å². The maximum absolute atomic E-state index is 12.4. The molecule has 0 radical (unpaired) electrons. The van der Waals surface area contributed by atoms with Crippen molar-refractivity contribution in [3.05, 3.63) is 47.5 Å². The fourth-order valence-corrected chi connectivity index (χ4v) is 2.47. The number of phenols is 1. The van der Waals surface area contributed by atoms with Crippen molar-refractivity contribution >= 4 is 5.91 Å².